The normalized spacial score (nSPS) is 12.0. The molecule has 4 heteroatoms. The Balaban J connectivity index is 2.16. The van der Waals surface area contributed by atoms with E-state index in [0.717, 1.165) is 61.3 Å². The van der Waals surface area contributed by atoms with Gasteiger partial charge < -0.3 is 0 Å². The lowest BCUT2D eigenvalue weighted by atomic mass is 9.86. The molecule has 0 fully saturated rings. The van der Waals surface area contributed by atoms with Gasteiger partial charge in [-0.1, -0.05) is 218 Å². The fraction of sp³-hybridized carbons (Fsp3) is 0.783. The summed E-state index contributed by atoms with van der Waals surface area (Å²) in [6.45, 7) is 6.83. The predicted molar refractivity (Wildman–Crippen MR) is 220 cm³/mol. The van der Waals surface area contributed by atoms with Crippen molar-refractivity contribution in [2.45, 2.75) is 238 Å². The molecule has 0 aromatic heterocycles. The van der Waals surface area contributed by atoms with E-state index in [1.165, 1.54) is 178 Å². The minimum absolute atomic E-state index is 0.206. The first kappa shape index (κ1) is 44.8. The molecule has 0 unspecified atom stereocenters. The van der Waals surface area contributed by atoms with Crippen LogP contribution < -0.4 is 0 Å². The summed E-state index contributed by atoms with van der Waals surface area (Å²) in [7, 11) is -4.36. The lowest BCUT2D eigenvalue weighted by Crippen LogP contribution is -2.12. The van der Waals surface area contributed by atoms with Crippen molar-refractivity contribution in [2.75, 3.05) is 0 Å². The van der Waals surface area contributed by atoms with Crippen LogP contribution in [-0.4, -0.2) is 13.0 Å². The van der Waals surface area contributed by atoms with Gasteiger partial charge in [0.25, 0.3) is 10.1 Å². The molecule has 0 aliphatic rings. The second kappa shape index (κ2) is 29.1. The third-order valence-corrected chi connectivity index (χ3v) is 12.1. The Morgan fingerprint density at radius 1 is 0.380 bits per heavy atom. The van der Waals surface area contributed by atoms with E-state index in [1.807, 2.05) is 18.2 Å². The van der Waals surface area contributed by atoms with E-state index in [1.54, 1.807) is 0 Å². The largest absolute Gasteiger partial charge is 0.295 e. The molecule has 0 bridgehead atoms. The van der Waals surface area contributed by atoms with E-state index >= 15 is 0 Å². The average molecular weight is 713 g/mol. The van der Waals surface area contributed by atoms with Gasteiger partial charge in [-0.2, -0.15) is 8.42 Å². The van der Waals surface area contributed by atoms with Crippen molar-refractivity contribution in [3.63, 3.8) is 0 Å². The molecule has 0 atom stereocenters. The monoisotopic (exact) mass is 713 g/mol. The summed E-state index contributed by atoms with van der Waals surface area (Å²) in [5.41, 5.74) is 3.55. The molecular formula is C46H80O3S. The van der Waals surface area contributed by atoms with Crippen molar-refractivity contribution in [3.05, 3.63) is 41.0 Å². The number of fused-ring (bicyclic) bond motifs is 1. The Hall–Kier alpha value is -1.39. The van der Waals surface area contributed by atoms with Crippen molar-refractivity contribution in [1.82, 2.24) is 0 Å². The van der Waals surface area contributed by atoms with Gasteiger partial charge in [0, 0.05) is 5.39 Å². The summed E-state index contributed by atoms with van der Waals surface area (Å²) in [5.74, 6) is 0. The number of benzene rings is 2. The van der Waals surface area contributed by atoms with Crippen LogP contribution in [0.25, 0.3) is 10.8 Å². The van der Waals surface area contributed by atoms with Crippen LogP contribution in [0.15, 0.2) is 29.2 Å². The van der Waals surface area contributed by atoms with Crippen LogP contribution in [0.1, 0.15) is 230 Å². The molecule has 0 aliphatic heterocycles. The lowest BCUT2D eigenvalue weighted by Gasteiger charge is -2.22. The van der Waals surface area contributed by atoms with Crippen molar-refractivity contribution < 1.29 is 13.0 Å². The molecule has 288 valence electrons. The quantitative estimate of drug-likeness (QED) is 0.0580. The lowest BCUT2D eigenvalue weighted by molar-refractivity contribution is 0.482. The minimum Gasteiger partial charge on any atom is -0.282 e. The highest BCUT2D eigenvalue weighted by atomic mass is 32.2. The first-order valence-corrected chi connectivity index (χ1v) is 23.4. The van der Waals surface area contributed by atoms with E-state index in [4.69, 9.17) is 0 Å². The Kier molecular flexibility index (Phi) is 26.1. The molecule has 0 heterocycles. The maximum Gasteiger partial charge on any atom is 0.295 e. The number of aryl methyl sites for hydroxylation is 1. The first-order chi connectivity index (χ1) is 24.5. The van der Waals surface area contributed by atoms with E-state index in [2.05, 4.69) is 26.8 Å². The maximum atomic E-state index is 13.2. The van der Waals surface area contributed by atoms with Gasteiger partial charge in [-0.25, -0.2) is 0 Å². The third kappa shape index (κ3) is 18.9. The highest BCUT2D eigenvalue weighted by molar-refractivity contribution is 7.86. The molecule has 0 amide bonds. The Morgan fingerprint density at radius 3 is 1.00 bits per heavy atom. The van der Waals surface area contributed by atoms with Gasteiger partial charge in [0.1, 0.15) is 4.90 Å². The second-order valence-corrected chi connectivity index (χ2v) is 16.9. The Bertz CT molecular complexity index is 1220. The molecular weight excluding hydrogens is 633 g/mol. The average Bonchev–Trinajstić information content (AvgIpc) is 3.10. The Morgan fingerprint density at radius 2 is 0.660 bits per heavy atom. The van der Waals surface area contributed by atoms with Crippen molar-refractivity contribution in [2.24, 2.45) is 0 Å². The summed E-state index contributed by atoms with van der Waals surface area (Å²) in [6, 6.07) is 8.03. The van der Waals surface area contributed by atoms with Gasteiger partial charge >= 0.3 is 0 Å². The molecule has 1 N–H and O–H groups in total. The zero-order valence-electron chi connectivity index (χ0n) is 33.3. The summed E-state index contributed by atoms with van der Waals surface area (Å²) in [4.78, 5) is 0.206. The fourth-order valence-electron chi connectivity index (χ4n) is 8.10. The summed E-state index contributed by atoms with van der Waals surface area (Å²) >= 11 is 0. The van der Waals surface area contributed by atoms with E-state index in [-0.39, 0.29) is 4.90 Å². The summed E-state index contributed by atoms with van der Waals surface area (Å²) < 4.78 is 37.0. The second-order valence-electron chi connectivity index (χ2n) is 15.6. The molecule has 0 saturated carbocycles. The van der Waals surface area contributed by atoms with Crippen molar-refractivity contribution in [3.8, 4) is 0 Å². The highest BCUT2D eigenvalue weighted by Crippen LogP contribution is 2.37. The highest BCUT2D eigenvalue weighted by Gasteiger charge is 2.25. The van der Waals surface area contributed by atoms with Crippen molar-refractivity contribution >= 4 is 20.9 Å². The van der Waals surface area contributed by atoms with Crippen LogP contribution >= 0.6 is 0 Å². The van der Waals surface area contributed by atoms with Gasteiger partial charge in [0.05, 0.1) is 0 Å². The zero-order valence-corrected chi connectivity index (χ0v) is 34.1. The SMILES string of the molecule is CCCCCCCCCCCCc1c(CCCCCCCCCCCC)c(S(=O)(=O)O)c2ccccc2c1CCCCCCCCCCCC. The maximum absolute atomic E-state index is 13.2. The third-order valence-electron chi connectivity index (χ3n) is 11.1. The molecule has 2 aromatic carbocycles. The number of unbranched alkanes of at least 4 members (excludes halogenated alkanes) is 27. The van der Waals surface area contributed by atoms with E-state index in [0.29, 0.717) is 0 Å². The predicted octanol–water partition coefficient (Wildman–Crippen LogP) is 15.5. The minimum atomic E-state index is -4.36. The summed E-state index contributed by atoms with van der Waals surface area (Å²) in [5, 5.41) is 1.77. The Labute approximate surface area is 311 Å². The van der Waals surface area contributed by atoms with Crippen LogP contribution in [0.2, 0.25) is 0 Å². The van der Waals surface area contributed by atoms with E-state index in [9.17, 15) is 13.0 Å². The van der Waals surface area contributed by atoms with Crippen LogP contribution in [0, 0.1) is 0 Å². The molecule has 2 aromatic rings. The first-order valence-electron chi connectivity index (χ1n) is 22.0. The molecule has 2 rings (SSSR count). The van der Waals surface area contributed by atoms with Gasteiger partial charge in [-0.15, -0.1) is 0 Å². The molecule has 50 heavy (non-hydrogen) atoms. The smallest absolute Gasteiger partial charge is 0.282 e. The van der Waals surface area contributed by atoms with Crippen LogP contribution in [0.3, 0.4) is 0 Å². The standard InChI is InChI=1S/C46H80O3S/c1-4-7-10-13-16-19-22-25-28-31-36-41-42(37-32-29-26-23-20-17-14-11-8-5-2)44(39-33-30-27-24-21-18-15-12-9-6-3)46(50(47,48)49)45-40-35-34-38-43(41)45/h34-35,38,40H,4-33,36-37,39H2,1-3H3,(H,47,48,49). The summed E-state index contributed by atoms with van der Waals surface area (Å²) in [6.07, 6.45) is 41.3. The molecule has 0 saturated heterocycles. The topological polar surface area (TPSA) is 54.4 Å². The fourth-order valence-corrected chi connectivity index (χ4v) is 9.10. The van der Waals surface area contributed by atoms with Gasteiger partial charge in [-0.05, 0) is 60.6 Å². The van der Waals surface area contributed by atoms with Gasteiger partial charge in [0.2, 0.25) is 0 Å². The number of hydrogen-bond acceptors (Lipinski definition) is 2. The van der Waals surface area contributed by atoms with Crippen LogP contribution in [-0.2, 0) is 29.4 Å². The van der Waals surface area contributed by atoms with Gasteiger partial charge in [0.15, 0.2) is 0 Å². The van der Waals surface area contributed by atoms with Crippen molar-refractivity contribution in [1.29, 1.82) is 0 Å². The number of hydrogen-bond donors (Lipinski definition) is 1. The molecule has 0 aliphatic carbocycles. The van der Waals surface area contributed by atoms with E-state index < -0.39 is 10.1 Å². The number of rotatable bonds is 34. The zero-order chi connectivity index (χ0) is 36.1. The van der Waals surface area contributed by atoms with Crippen LogP contribution in [0.5, 0.6) is 0 Å². The molecule has 0 radical (unpaired) electrons. The van der Waals surface area contributed by atoms with Crippen LogP contribution in [0.4, 0.5) is 0 Å². The molecule has 3 nitrogen and oxygen atoms in total. The molecule has 0 spiro atoms. The van der Waals surface area contributed by atoms with Gasteiger partial charge in [-0.3, -0.25) is 4.55 Å².